The molecule has 0 heterocycles. The lowest BCUT2D eigenvalue weighted by molar-refractivity contribution is 0.0954. The fourth-order valence-corrected chi connectivity index (χ4v) is 1.98. The third kappa shape index (κ3) is 3.48. The van der Waals surface area contributed by atoms with Crippen LogP contribution in [-0.4, -0.2) is 27.4 Å². The molecule has 0 atom stereocenters. The van der Waals surface area contributed by atoms with Crippen molar-refractivity contribution in [3.63, 3.8) is 0 Å². The van der Waals surface area contributed by atoms with Gasteiger partial charge in [0, 0.05) is 16.1 Å². The van der Waals surface area contributed by atoms with Crippen LogP contribution in [0.2, 0.25) is 5.02 Å². The van der Waals surface area contributed by atoms with Crippen LogP contribution in [0.15, 0.2) is 35.4 Å². The average molecular weight is 321 g/mol. The normalized spacial score (nSPS) is 10.8. The van der Waals surface area contributed by atoms with E-state index in [1.54, 1.807) is 12.1 Å². The summed E-state index contributed by atoms with van der Waals surface area (Å²) < 4.78 is 0. The van der Waals surface area contributed by atoms with E-state index in [1.807, 2.05) is 13.0 Å². The van der Waals surface area contributed by atoms with Gasteiger partial charge in [0.1, 0.15) is 0 Å². The Labute approximate surface area is 131 Å². The molecule has 0 aliphatic rings. The number of aromatic hydroxyl groups is 3. The van der Waals surface area contributed by atoms with Gasteiger partial charge in [0.15, 0.2) is 17.2 Å². The van der Waals surface area contributed by atoms with Crippen molar-refractivity contribution < 1.29 is 20.1 Å². The highest BCUT2D eigenvalue weighted by Gasteiger charge is 2.12. The van der Waals surface area contributed by atoms with Crippen molar-refractivity contribution in [3.05, 3.63) is 52.0 Å². The second kappa shape index (κ2) is 6.36. The summed E-state index contributed by atoms with van der Waals surface area (Å²) in [4.78, 5) is 11.8. The molecule has 114 valence electrons. The Balaban J connectivity index is 2.11. The number of carbonyl (C=O) groups excluding carboxylic acids is 1. The van der Waals surface area contributed by atoms with E-state index in [9.17, 15) is 20.1 Å². The van der Waals surface area contributed by atoms with E-state index in [2.05, 4.69) is 10.5 Å². The zero-order valence-electron chi connectivity index (χ0n) is 11.5. The van der Waals surface area contributed by atoms with Crippen LogP contribution in [0.3, 0.4) is 0 Å². The zero-order valence-corrected chi connectivity index (χ0v) is 12.3. The van der Waals surface area contributed by atoms with Gasteiger partial charge in [-0.15, -0.1) is 0 Å². The number of nitrogens with zero attached hydrogens (tertiary/aromatic N) is 1. The number of phenols is 3. The van der Waals surface area contributed by atoms with Crippen molar-refractivity contribution in [1.82, 2.24) is 5.43 Å². The van der Waals surface area contributed by atoms with Crippen LogP contribution in [0.5, 0.6) is 17.2 Å². The van der Waals surface area contributed by atoms with Crippen LogP contribution in [0.4, 0.5) is 0 Å². The first-order valence-electron chi connectivity index (χ1n) is 6.23. The summed E-state index contributed by atoms with van der Waals surface area (Å²) in [6.45, 7) is 1.90. The maximum atomic E-state index is 11.8. The first-order valence-corrected chi connectivity index (χ1v) is 6.61. The number of hydrogen-bond donors (Lipinski definition) is 4. The van der Waals surface area contributed by atoms with Crippen LogP contribution >= 0.6 is 11.6 Å². The summed E-state index contributed by atoms with van der Waals surface area (Å²) >= 11 is 6.02. The lowest BCUT2D eigenvalue weighted by atomic mass is 10.1. The molecule has 0 saturated carbocycles. The molecule has 2 rings (SSSR count). The molecule has 0 aliphatic heterocycles. The molecule has 4 N–H and O–H groups in total. The Morgan fingerprint density at radius 1 is 1.18 bits per heavy atom. The van der Waals surface area contributed by atoms with Crippen LogP contribution in [0, 0.1) is 6.92 Å². The summed E-state index contributed by atoms with van der Waals surface area (Å²) in [5.74, 6) is -2.55. The van der Waals surface area contributed by atoms with Crippen molar-refractivity contribution >= 4 is 23.7 Å². The first kappa shape index (κ1) is 15.7. The van der Waals surface area contributed by atoms with Gasteiger partial charge in [0.05, 0.1) is 6.21 Å². The number of benzene rings is 2. The van der Waals surface area contributed by atoms with Crippen molar-refractivity contribution in [2.45, 2.75) is 6.92 Å². The fourth-order valence-electron chi connectivity index (χ4n) is 1.70. The van der Waals surface area contributed by atoms with Gasteiger partial charge in [-0.1, -0.05) is 23.7 Å². The number of halogens is 1. The molecule has 2 aromatic carbocycles. The summed E-state index contributed by atoms with van der Waals surface area (Å²) in [6.07, 6.45) is 1.37. The number of nitrogens with one attached hydrogen (secondary N) is 1. The van der Waals surface area contributed by atoms with E-state index in [-0.39, 0.29) is 5.56 Å². The van der Waals surface area contributed by atoms with E-state index in [0.717, 1.165) is 17.7 Å². The molecule has 0 fully saturated rings. The van der Waals surface area contributed by atoms with Crippen LogP contribution < -0.4 is 5.43 Å². The first-order chi connectivity index (χ1) is 10.4. The van der Waals surface area contributed by atoms with Crippen molar-refractivity contribution in [1.29, 1.82) is 0 Å². The molecule has 1 amide bonds. The number of amides is 1. The van der Waals surface area contributed by atoms with Crippen molar-refractivity contribution in [2.24, 2.45) is 5.10 Å². The van der Waals surface area contributed by atoms with Gasteiger partial charge in [-0.3, -0.25) is 4.79 Å². The van der Waals surface area contributed by atoms with E-state index < -0.39 is 23.2 Å². The Bertz CT molecular complexity index is 736. The molecule has 0 bridgehead atoms. The molecule has 0 radical (unpaired) electrons. The minimum absolute atomic E-state index is 0.0556. The molecule has 7 heteroatoms. The SMILES string of the molecule is Cc1ccc(/C=N/NC(=O)c2cc(O)c(O)c(O)c2)c(Cl)c1. The topological polar surface area (TPSA) is 102 Å². The smallest absolute Gasteiger partial charge is 0.271 e. The van der Waals surface area contributed by atoms with Crippen LogP contribution in [0.25, 0.3) is 0 Å². The van der Waals surface area contributed by atoms with E-state index in [0.29, 0.717) is 10.6 Å². The minimum atomic E-state index is -0.688. The second-order valence-corrected chi connectivity index (χ2v) is 4.99. The van der Waals surface area contributed by atoms with Crippen molar-refractivity contribution in [3.8, 4) is 17.2 Å². The number of hydrazone groups is 1. The largest absolute Gasteiger partial charge is 0.504 e. The van der Waals surface area contributed by atoms with Crippen LogP contribution in [0.1, 0.15) is 21.5 Å². The van der Waals surface area contributed by atoms with Gasteiger partial charge < -0.3 is 15.3 Å². The Morgan fingerprint density at radius 3 is 2.41 bits per heavy atom. The maximum absolute atomic E-state index is 11.8. The van der Waals surface area contributed by atoms with Gasteiger partial charge in [-0.05, 0) is 30.7 Å². The minimum Gasteiger partial charge on any atom is -0.504 e. The highest BCUT2D eigenvalue weighted by Crippen LogP contribution is 2.35. The molecular weight excluding hydrogens is 308 g/mol. The third-order valence-corrected chi connectivity index (χ3v) is 3.18. The lowest BCUT2D eigenvalue weighted by Crippen LogP contribution is -2.17. The van der Waals surface area contributed by atoms with Gasteiger partial charge >= 0.3 is 0 Å². The summed E-state index contributed by atoms with van der Waals surface area (Å²) in [6, 6.07) is 7.40. The Hall–Kier alpha value is -2.73. The van der Waals surface area contributed by atoms with Crippen LogP contribution in [-0.2, 0) is 0 Å². The van der Waals surface area contributed by atoms with E-state index in [1.165, 1.54) is 6.21 Å². The van der Waals surface area contributed by atoms with Gasteiger partial charge in [0.25, 0.3) is 5.91 Å². The number of carbonyl (C=O) groups is 1. The summed E-state index contributed by atoms with van der Waals surface area (Å²) in [5, 5.41) is 32.2. The number of rotatable bonds is 3. The number of hydrogen-bond acceptors (Lipinski definition) is 5. The Morgan fingerprint density at radius 2 is 1.82 bits per heavy atom. The summed E-state index contributed by atoms with van der Waals surface area (Å²) in [5.41, 5.74) is 3.81. The monoisotopic (exact) mass is 320 g/mol. The predicted molar refractivity (Wildman–Crippen MR) is 82.7 cm³/mol. The predicted octanol–water partition coefficient (Wildman–Crippen LogP) is 2.53. The van der Waals surface area contributed by atoms with Gasteiger partial charge in [-0.2, -0.15) is 5.10 Å². The van der Waals surface area contributed by atoms with E-state index in [4.69, 9.17) is 11.6 Å². The maximum Gasteiger partial charge on any atom is 0.271 e. The average Bonchev–Trinajstić information content (AvgIpc) is 2.46. The Kier molecular flexibility index (Phi) is 4.53. The zero-order chi connectivity index (χ0) is 16.3. The second-order valence-electron chi connectivity index (χ2n) is 4.59. The number of phenolic OH excluding ortho intramolecular Hbond substituents is 3. The molecule has 2 aromatic rings. The quantitative estimate of drug-likeness (QED) is 0.396. The molecule has 6 nitrogen and oxygen atoms in total. The molecule has 22 heavy (non-hydrogen) atoms. The molecular formula is C15H13ClN2O4. The van der Waals surface area contributed by atoms with Gasteiger partial charge in [0.2, 0.25) is 0 Å². The lowest BCUT2D eigenvalue weighted by Gasteiger charge is -2.04. The third-order valence-electron chi connectivity index (χ3n) is 2.86. The highest BCUT2D eigenvalue weighted by molar-refractivity contribution is 6.33. The van der Waals surface area contributed by atoms with E-state index >= 15 is 0 Å². The highest BCUT2D eigenvalue weighted by atomic mass is 35.5. The number of aryl methyl sites for hydroxylation is 1. The van der Waals surface area contributed by atoms with Crippen molar-refractivity contribution in [2.75, 3.05) is 0 Å². The molecule has 0 saturated heterocycles. The molecule has 0 unspecified atom stereocenters. The molecule has 0 spiro atoms. The molecule has 0 aromatic heterocycles. The standard InChI is InChI=1S/C15H13ClN2O4/c1-8-2-3-9(11(16)4-8)7-17-18-15(22)10-5-12(19)14(21)13(20)6-10/h2-7,19-21H,1H3,(H,18,22)/b17-7+. The van der Waals surface area contributed by atoms with Gasteiger partial charge in [-0.25, -0.2) is 5.43 Å². The summed E-state index contributed by atoms with van der Waals surface area (Å²) in [7, 11) is 0. The molecule has 0 aliphatic carbocycles. The fraction of sp³-hybridized carbons (Fsp3) is 0.0667.